The average Bonchev–Trinajstić information content (AvgIpc) is 3.01. The number of hydrazone groups is 1. The Hall–Kier alpha value is -1.14. The molecule has 1 aromatic rings. The summed E-state index contributed by atoms with van der Waals surface area (Å²) in [6.45, 7) is 5.88. The zero-order valence-corrected chi connectivity index (χ0v) is 14.4. The number of nitrogens with zero attached hydrogens (tertiary/aromatic N) is 3. The van der Waals surface area contributed by atoms with Crippen molar-refractivity contribution in [1.82, 2.24) is 9.73 Å². The van der Waals surface area contributed by atoms with Crippen LogP contribution in [-0.2, 0) is 0 Å². The maximum atomic E-state index is 4.52. The molecular weight excluding hydrogens is 300 g/mol. The fourth-order valence-corrected chi connectivity index (χ4v) is 2.99. The lowest BCUT2D eigenvalue weighted by Crippen LogP contribution is -2.34. The standard InChI is InChI=1S/C15H22N4S2/c1-4-12-10-17-19(11-12)15(16-5-2)18-21-14-8-6-13(20-3)7-9-14/h6-10,12H,4-5,11H2,1-3H3,(H,16,18). The highest BCUT2D eigenvalue weighted by Gasteiger charge is 2.20. The number of rotatable bonds is 5. The molecule has 1 heterocycles. The Balaban J connectivity index is 1.94. The molecule has 0 bridgehead atoms. The number of hydrogen-bond donors (Lipinski definition) is 1. The van der Waals surface area contributed by atoms with Crippen LogP contribution in [0.4, 0.5) is 0 Å². The number of hydrogen-bond acceptors (Lipinski definition) is 4. The van der Waals surface area contributed by atoms with Crippen molar-refractivity contribution in [2.75, 3.05) is 19.3 Å². The van der Waals surface area contributed by atoms with Gasteiger partial charge in [-0.15, -0.1) is 11.8 Å². The molecule has 4 nitrogen and oxygen atoms in total. The average molecular weight is 323 g/mol. The van der Waals surface area contributed by atoms with Crippen LogP contribution in [-0.4, -0.2) is 36.5 Å². The molecule has 1 aromatic carbocycles. The molecule has 0 spiro atoms. The molecule has 0 radical (unpaired) electrons. The Morgan fingerprint density at radius 2 is 2.05 bits per heavy atom. The van der Waals surface area contributed by atoms with E-state index in [9.17, 15) is 0 Å². The number of aliphatic imine (C=N–C) groups is 1. The predicted molar refractivity (Wildman–Crippen MR) is 94.2 cm³/mol. The second-order valence-electron chi connectivity index (χ2n) is 4.69. The molecule has 0 saturated carbocycles. The zero-order chi connectivity index (χ0) is 15.1. The van der Waals surface area contributed by atoms with E-state index in [0.29, 0.717) is 5.92 Å². The molecule has 1 N–H and O–H groups in total. The smallest absolute Gasteiger partial charge is 0.225 e. The Morgan fingerprint density at radius 1 is 1.33 bits per heavy atom. The third-order valence-corrected chi connectivity index (χ3v) is 4.76. The summed E-state index contributed by atoms with van der Waals surface area (Å²) in [6.07, 6.45) is 5.22. The van der Waals surface area contributed by atoms with Gasteiger partial charge in [-0.25, -0.2) is 5.01 Å². The molecule has 2 rings (SSSR count). The summed E-state index contributed by atoms with van der Waals surface area (Å²) in [5.74, 6) is 1.36. The second kappa shape index (κ2) is 8.34. The Morgan fingerprint density at radius 3 is 2.62 bits per heavy atom. The van der Waals surface area contributed by atoms with E-state index < -0.39 is 0 Å². The van der Waals surface area contributed by atoms with E-state index in [1.165, 1.54) is 9.79 Å². The lowest BCUT2D eigenvalue weighted by atomic mass is 10.1. The van der Waals surface area contributed by atoms with Crippen LogP contribution in [0.25, 0.3) is 0 Å². The summed E-state index contributed by atoms with van der Waals surface area (Å²) < 4.78 is 3.33. The quantitative estimate of drug-likeness (QED) is 0.388. The van der Waals surface area contributed by atoms with Crippen LogP contribution in [0.5, 0.6) is 0 Å². The Bertz CT molecular complexity index is 499. The molecule has 114 valence electrons. The van der Waals surface area contributed by atoms with Crippen LogP contribution in [0.15, 0.2) is 44.2 Å². The summed E-state index contributed by atoms with van der Waals surface area (Å²) in [6, 6.07) is 8.50. The highest BCUT2D eigenvalue weighted by Crippen LogP contribution is 2.21. The SMILES string of the molecule is CCN=C(NSc1ccc(SC)cc1)N1CC(CC)C=N1. The zero-order valence-electron chi connectivity index (χ0n) is 12.7. The highest BCUT2D eigenvalue weighted by atomic mass is 32.2. The van der Waals surface area contributed by atoms with Gasteiger partial charge >= 0.3 is 0 Å². The lowest BCUT2D eigenvalue weighted by Gasteiger charge is -2.18. The first-order valence-electron chi connectivity index (χ1n) is 7.19. The Labute approximate surface area is 135 Å². The molecule has 0 aliphatic carbocycles. The minimum Gasteiger partial charge on any atom is -0.295 e. The van der Waals surface area contributed by atoms with Gasteiger partial charge in [0, 0.05) is 28.5 Å². The van der Waals surface area contributed by atoms with Crippen LogP contribution in [0, 0.1) is 5.92 Å². The highest BCUT2D eigenvalue weighted by molar-refractivity contribution is 7.98. The van der Waals surface area contributed by atoms with Gasteiger partial charge in [-0.05, 0) is 55.8 Å². The summed E-state index contributed by atoms with van der Waals surface area (Å²) in [5, 5.41) is 6.40. The molecule has 1 atom stereocenters. The molecular formula is C15H22N4S2. The van der Waals surface area contributed by atoms with Crippen molar-refractivity contribution in [3.8, 4) is 0 Å². The number of nitrogens with one attached hydrogen (secondary N) is 1. The first kappa shape index (κ1) is 16.2. The van der Waals surface area contributed by atoms with Gasteiger partial charge in [0.25, 0.3) is 0 Å². The van der Waals surface area contributed by atoms with Gasteiger partial charge in [0.2, 0.25) is 5.96 Å². The van der Waals surface area contributed by atoms with E-state index in [0.717, 1.165) is 25.5 Å². The fraction of sp³-hybridized carbons (Fsp3) is 0.467. The third kappa shape index (κ3) is 4.68. The first-order chi connectivity index (χ1) is 10.3. The second-order valence-corrected chi connectivity index (χ2v) is 6.45. The molecule has 1 unspecified atom stereocenters. The summed E-state index contributed by atoms with van der Waals surface area (Å²) in [7, 11) is 0. The number of thioether (sulfide) groups is 1. The van der Waals surface area contributed by atoms with Crippen LogP contribution in [0.2, 0.25) is 0 Å². The molecule has 1 aliphatic heterocycles. The van der Waals surface area contributed by atoms with Crippen LogP contribution in [0.3, 0.4) is 0 Å². The van der Waals surface area contributed by atoms with Crippen LogP contribution in [0.1, 0.15) is 20.3 Å². The van der Waals surface area contributed by atoms with Gasteiger partial charge in [0.15, 0.2) is 0 Å². The normalized spacial score (nSPS) is 18.3. The monoisotopic (exact) mass is 322 g/mol. The van der Waals surface area contributed by atoms with Gasteiger partial charge in [0.05, 0.1) is 6.54 Å². The van der Waals surface area contributed by atoms with Gasteiger partial charge < -0.3 is 0 Å². The minimum atomic E-state index is 0.528. The molecule has 6 heteroatoms. The first-order valence-corrected chi connectivity index (χ1v) is 9.24. The van der Waals surface area contributed by atoms with Gasteiger partial charge in [-0.3, -0.25) is 9.71 Å². The number of guanidine groups is 1. The third-order valence-electron chi connectivity index (χ3n) is 3.22. The van der Waals surface area contributed by atoms with Crippen LogP contribution >= 0.6 is 23.7 Å². The van der Waals surface area contributed by atoms with Crippen molar-refractivity contribution in [3.05, 3.63) is 24.3 Å². The van der Waals surface area contributed by atoms with E-state index in [-0.39, 0.29) is 0 Å². The predicted octanol–water partition coefficient (Wildman–Crippen LogP) is 3.71. The minimum absolute atomic E-state index is 0.528. The molecule has 0 amide bonds. The lowest BCUT2D eigenvalue weighted by molar-refractivity contribution is 0.431. The maximum absolute atomic E-state index is 4.52. The van der Waals surface area contributed by atoms with E-state index in [1.807, 2.05) is 18.1 Å². The van der Waals surface area contributed by atoms with E-state index in [4.69, 9.17) is 0 Å². The maximum Gasteiger partial charge on any atom is 0.225 e. The van der Waals surface area contributed by atoms with E-state index in [1.54, 1.807) is 23.7 Å². The van der Waals surface area contributed by atoms with Gasteiger partial charge in [-0.2, -0.15) is 5.10 Å². The fourth-order valence-electron chi connectivity index (χ4n) is 1.93. The summed E-state index contributed by atoms with van der Waals surface area (Å²) >= 11 is 3.33. The molecule has 0 fully saturated rings. The van der Waals surface area contributed by atoms with Crippen molar-refractivity contribution >= 4 is 35.9 Å². The van der Waals surface area contributed by atoms with Crippen molar-refractivity contribution in [2.24, 2.45) is 16.0 Å². The van der Waals surface area contributed by atoms with Crippen LogP contribution < -0.4 is 4.72 Å². The van der Waals surface area contributed by atoms with Gasteiger partial charge in [0.1, 0.15) is 0 Å². The van der Waals surface area contributed by atoms with E-state index in [2.05, 4.69) is 52.3 Å². The summed E-state index contributed by atoms with van der Waals surface area (Å²) in [5.41, 5.74) is 0. The molecule has 0 aromatic heterocycles. The van der Waals surface area contributed by atoms with Crippen molar-refractivity contribution in [3.63, 3.8) is 0 Å². The van der Waals surface area contributed by atoms with E-state index >= 15 is 0 Å². The largest absolute Gasteiger partial charge is 0.295 e. The topological polar surface area (TPSA) is 40.0 Å². The molecule has 1 aliphatic rings. The number of benzene rings is 1. The van der Waals surface area contributed by atoms with Crippen molar-refractivity contribution < 1.29 is 0 Å². The van der Waals surface area contributed by atoms with Crippen molar-refractivity contribution in [2.45, 2.75) is 30.1 Å². The molecule has 21 heavy (non-hydrogen) atoms. The molecule has 0 saturated heterocycles. The summed E-state index contributed by atoms with van der Waals surface area (Å²) in [4.78, 5) is 6.96. The van der Waals surface area contributed by atoms with Crippen molar-refractivity contribution in [1.29, 1.82) is 0 Å². The van der Waals surface area contributed by atoms with Gasteiger partial charge in [-0.1, -0.05) is 6.92 Å². The Kier molecular flexibility index (Phi) is 6.45.